The van der Waals surface area contributed by atoms with Crippen molar-refractivity contribution in [2.75, 3.05) is 4.90 Å². The Morgan fingerprint density at radius 2 is 1.57 bits per heavy atom. The van der Waals surface area contributed by atoms with Gasteiger partial charge in [0.05, 0.1) is 11.6 Å². The van der Waals surface area contributed by atoms with Crippen LogP contribution in [0.25, 0.3) is 5.76 Å². The number of aryl methyl sites for hydroxylation is 2. The molecule has 150 valence electrons. The first-order chi connectivity index (χ1) is 14.4. The maximum Gasteiger partial charge on any atom is 0.300 e. The summed E-state index contributed by atoms with van der Waals surface area (Å²) in [6.07, 6.45) is 3.19. The lowest BCUT2D eigenvalue weighted by Crippen LogP contribution is -2.29. The molecule has 2 aromatic carbocycles. The summed E-state index contributed by atoms with van der Waals surface area (Å²) < 4.78 is 0. The first-order valence-corrected chi connectivity index (χ1v) is 9.80. The van der Waals surface area contributed by atoms with E-state index >= 15 is 0 Å². The van der Waals surface area contributed by atoms with Gasteiger partial charge in [-0.3, -0.25) is 19.5 Å². The Bertz CT molecular complexity index is 1150. The van der Waals surface area contributed by atoms with Crippen LogP contribution in [0, 0.1) is 13.8 Å². The Labute approximate surface area is 179 Å². The van der Waals surface area contributed by atoms with Gasteiger partial charge < -0.3 is 5.11 Å². The molecule has 1 N–H and O–H groups in total. The lowest BCUT2D eigenvalue weighted by Gasteiger charge is -2.26. The van der Waals surface area contributed by atoms with Gasteiger partial charge in [0.1, 0.15) is 5.76 Å². The van der Waals surface area contributed by atoms with E-state index in [1.807, 2.05) is 32.0 Å². The van der Waals surface area contributed by atoms with Gasteiger partial charge in [-0.1, -0.05) is 17.7 Å². The minimum Gasteiger partial charge on any atom is -0.507 e. The molecule has 1 aromatic heterocycles. The van der Waals surface area contributed by atoms with Crippen molar-refractivity contribution in [3.8, 4) is 0 Å². The van der Waals surface area contributed by atoms with Gasteiger partial charge in [0, 0.05) is 28.7 Å². The number of hydrogen-bond donors (Lipinski definition) is 1. The molecule has 0 aliphatic carbocycles. The highest BCUT2D eigenvalue weighted by molar-refractivity contribution is 6.51. The summed E-state index contributed by atoms with van der Waals surface area (Å²) in [6.45, 7) is 3.87. The predicted octanol–water partition coefficient (Wildman–Crippen LogP) is 4.98. The molecule has 0 saturated carbocycles. The molecule has 4 rings (SSSR count). The summed E-state index contributed by atoms with van der Waals surface area (Å²) in [4.78, 5) is 31.7. The van der Waals surface area contributed by atoms with Crippen LogP contribution in [-0.4, -0.2) is 21.8 Å². The van der Waals surface area contributed by atoms with Crippen molar-refractivity contribution >= 4 is 34.7 Å². The second-order valence-corrected chi connectivity index (χ2v) is 7.74. The van der Waals surface area contributed by atoms with Gasteiger partial charge in [0.25, 0.3) is 11.7 Å². The number of halogens is 1. The van der Waals surface area contributed by atoms with Gasteiger partial charge in [-0.2, -0.15) is 0 Å². The molecule has 1 amide bonds. The number of aliphatic hydroxyl groups is 1. The van der Waals surface area contributed by atoms with Gasteiger partial charge in [0.2, 0.25) is 0 Å². The van der Waals surface area contributed by atoms with Crippen molar-refractivity contribution < 1.29 is 14.7 Å². The van der Waals surface area contributed by atoms with Crippen LogP contribution in [0.15, 0.2) is 72.6 Å². The topological polar surface area (TPSA) is 70.5 Å². The van der Waals surface area contributed by atoms with Gasteiger partial charge >= 0.3 is 0 Å². The van der Waals surface area contributed by atoms with Crippen molar-refractivity contribution in [1.82, 2.24) is 4.98 Å². The van der Waals surface area contributed by atoms with Gasteiger partial charge in [-0.05, 0) is 79.1 Å². The number of carbonyl (C=O) groups excluding carboxylic acids is 2. The fraction of sp³-hybridized carbons (Fsp3) is 0.125. The zero-order chi connectivity index (χ0) is 21.4. The molecule has 2 heterocycles. The number of ketones is 1. The smallest absolute Gasteiger partial charge is 0.300 e. The average Bonchev–Trinajstić information content (AvgIpc) is 2.99. The van der Waals surface area contributed by atoms with E-state index in [2.05, 4.69) is 4.98 Å². The molecule has 1 aliphatic rings. The molecule has 1 fully saturated rings. The normalized spacial score (nSPS) is 18.1. The molecule has 1 unspecified atom stereocenters. The number of carbonyl (C=O) groups is 2. The van der Waals surface area contributed by atoms with Crippen LogP contribution < -0.4 is 4.90 Å². The predicted molar refractivity (Wildman–Crippen MR) is 116 cm³/mol. The Hall–Kier alpha value is -3.44. The van der Waals surface area contributed by atoms with E-state index in [4.69, 9.17) is 11.6 Å². The third kappa shape index (κ3) is 3.48. The quantitative estimate of drug-likeness (QED) is 0.370. The number of amides is 1. The maximum atomic E-state index is 13.1. The van der Waals surface area contributed by atoms with Gasteiger partial charge in [0.15, 0.2) is 0 Å². The van der Waals surface area contributed by atoms with E-state index in [1.54, 1.807) is 48.8 Å². The minimum absolute atomic E-state index is 0.0349. The standard InChI is InChI=1S/C24H19ClN2O3/c1-14-11-15(2)13-19(12-14)27-21(16-7-9-26-10-8-16)20(23(29)24(27)30)22(28)17-3-5-18(25)6-4-17/h3-13,21,28H,1-2H3/b22-20+. The van der Waals surface area contributed by atoms with Crippen LogP contribution in [0.5, 0.6) is 0 Å². The van der Waals surface area contributed by atoms with E-state index in [0.717, 1.165) is 11.1 Å². The SMILES string of the molecule is Cc1cc(C)cc(N2C(=O)C(=O)/C(=C(/O)c3ccc(Cl)cc3)C2c2ccncc2)c1. The molecule has 3 aromatic rings. The molecule has 0 bridgehead atoms. The molecule has 1 saturated heterocycles. The molecule has 1 atom stereocenters. The van der Waals surface area contributed by atoms with Crippen molar-refractivity contribution in [2.24, 2.45) is 0 Å². The molecule has 30 heavy (non-hydrogen) atoms. The molecule has 0 spiro atoms. The number of aromatic nitrogens is 1. The number of benzene rings is 2. The van der Waals surface area contributed by atoms with E-state index in [0.29, 0.717) is 21.8 Å². The largest absolute Gasteiger partial charge is 0.507 e. The van der Waals surface area contributed by atoms with Crippen LogP contribution in [0.1, 0.15) is 28.3 Å². The van der Waals surface area contributed by atoms with Gasteiger partial charge in [-0.25, -0.2) is 0 Å². The number of aliphatic hydroxyl groups excluding tert-OH is 1. The highest BCUT2D eigenvalue weighted by atomic mass is 35.5. The number of nitrogens with zero attached hydrogens (tertiary/aromatic N) is 2. The van der Waals surface area contributed by atoms with Crippen molar-refractivity contribution in [2.45, 2.75) is 19.9 Å². The number of rotatable bonds is 3. The summed E-state index contributed by atoms with van der Waals surface area (Å²) in [5, 5.41) is 11.5. The summed E-state index contributed by atoms with van der Waals surface area (Å²) in [5.74, 6) is -1.65. The average molecular weight is 419 g/mol. The molecular formula is C24H19ClN2O3. The highest BCUT2D eigenvalue weighted by Gasteiger charge is 2.47. The summed E-state index contributed by atoms with van der Waals surface area (Å²) in [6, 6.07) is 14.9. The van der Waals surface area contributed by atoms with Crippen molar-refractivity contribution in [1.29, 1.82) is 0 Å². The zero-order valence-corrected chi connectivity index (χ0v) is 17.2. The third-order valence-corrected chi connectivity index (χ3v) is 5.32. The van der Waals surface area contributed by atoms with E-state index < -0.39 is 17.7 Å². The minimum atomic E-state index is -0.773. The molecule has 5 nitrogen and oxygen atoms in total. The fourth-order valence-electron chi connectivity index (χ4n) is 3.81. The molecular weight excluding hydrogens is 400 g/mol. The van der Waals surface area contributed by atoms with E-state index in [9.17, 15) is 14.7 Å². The highest BCUT2D eigenvalue weighted by Crippen LogP contribution is 2.42. The second-order valence-electron chi connectivity index (χ2n) is 7.30. The zero-order valence-electron chi connectivity index (χ0n) is 16.5. The van der Waals surface area contributed by atoms with Crippen LogP contribution in [0.4, 0.5) is 5.69 Å². The Morgan fingerprint density at radius 3 is 2.17 bits per heavy atom. The van der Waals surface area contributed by atoms with E-state index in [1.165, 1.54) is 4.90 Å². The lowest BCUT2D eigenvalue weighted by atomic mass is 9.95. The number of pyridine rings is 1. The molecule has 0 radical (unpaired) electrons. The maximum absolute atomic E-state index is 13.1. The van der Waals surface area contributed by atoms with Crippen molar-refractivity contribution in [3.05, 3.63) is 99.8 Å². The van der Waals surface area contributed by atoms with Crippen LogP contribution >= 0.6 is 11.6 Å². The fourth-order valence-corrected chi connectivity index (χ4v) is 3.94. The third-order valence-electron chi connectivity index (χ3n) is 5.07. The number of Topliss-reactive ketones (excluding diaryl/α,β-unsaturated/α-hetero) is 1. The monoisotopic (exact) mass is 418 g/mol. The molecule has 1 aliphatic heterocycles. The summed E-state index contributed by atoms with van der Waals surface area (Å²) >= 11 is 5.95. The molecule has 6 heteroatoms. The van der Waals surface area contributed by atoms with E-state index in [-0.39, 0.29) is 11.3 Å². The Kier molecular flexibility index (Phi) is 5.14. The number of hydrogen-bond acceptors (Lipinski definition) is 4. The Morgan fingerprint density at radius 1 is 0.967 bits per heavy atom. The van der Waals surface area contributed by atoms with Crippen LogP contribution in [0.3, 0.4) is 0 Å². The first-order valence-electron chi connectivity index (χ1n) is 9.42. The van der Waals surface area contributed by atoms with Crippen LogP contribution in [0.2, 0.25) is 5.02 Å². The van der Waals surface area contributed by atoms with Crippen LogP contribution in [-0.2, 0) is 9.59 Å². The van der Waals surface area contributed by atoms with Gasteiger partial charge in [-0.15, -0.1) is 0 Å². The number of anilines is 1. The van der Waals surface area contributed by atoms with Crippen molar-refractivity contribution in [3.63, 3.8) is 0 Å². The lowest BCUT2D eigenvalue weighted by molar-refractivity contribution is -0.132. The summed E-state index contributed by atoms with van der Waals surface area (Å²) in [5.41, 5.74) is 3.67. The summed E-state index contributed by atoms with van der Waals surface area (Å²) in [7, 11) is 0. The Balaban J connectivity index is 1.96. The first kappa shape index (κ1) is 19.9. The second kappa shape index (κ2) is 7.76.